The Morgan fingerprint density at radius 2 is 1.67 bits per heavy atom. The zero-order valence-electron chi connectivity index (χ0n) is 9.61. The highest BCUT2D eigenvalue weighted by molar-refractivity contribution is 5.89. The summed E-state index contributed by atoms with van der Waals surface area (Å²) in [5.74, 6) is -0.431. The van der Waals surface area contributed by atoms with Crippen molar-refractivity contribution >= 4 is 12.0 Å². The van der Waals surface area contributed by atoms with E-state index in [-0.39, 0.29) is 11.5 Å². The Labute approximate surface area is 105 Å². The van der Waals surface area contributed by atoms with Gasteiger partial charge < -0.3 is 9.84 Å². The lowest BCUT2D eigenvalue weighted by Gasteiger charge is -2.02. The van der Waals surface area contributed by atoms with Crippen LogP contribution < -0.4 is 4.74 Å². The minimum absolute atomic E-state index is 0.0565. The van der Waals surface area contributed by atoms with E-state index in [0.717, 1.165) is 5.56 Å². The van der Waals surface area contributed by atoms with Crippen molar-refractivity contribution in [1.29, 1.82) is 0 Å². The Balaban J connectivity index is 2.02. The first kappa shape index (κ1) is 11.9. The molecule has 3 nitrogen and oxygen atoms in total. The summed E-state index contributed by atoms with van der Waals surface area (Å²) in [5.41, 5.74) is 0.909. The highest BCUT2D eigenvalue weighted by Gasteiger charge is 2.04. The number of carbonyl (C=O) groups excluding carboxylic acids is 1. The molecule has 2 aromatic rings. The van der Waals surface area contributed by atoms with Crippen molar-refractivity contribution in [2.45, 2.75) is 0 Å². The molecule has 0 amide bonds. The minimum Gasteiger partial charge on any atom is -0.504 e. The van der Waals surface area contributed by atoms with Crippen molar-refractivity contribution in [2.24, 2.45) is 0 Å². The van der Waals surface area contributed by atoms with Crippen LogP contribution in [0, 0.1) is 0 Å². The molecule has 0 fully saturated rings. The second kappa shape index (κ2) is 5.68. The van der Waals surface area contributed by atoms with Crippen molar-refractivity contribution in [3.8, 4) is 11.5 Å². The first-order chi connectivity index (χ1) is 8.75. The van der Waals surface area contributed by atoms with Gasteiger partial charge in [-0.15, -0.1) is 0 Å². The van der Waals surface area contributed by atoms with Crippen LogP contribution in [0.25, 0.3) is 6.08 Å². The van der Waals surface area contributed by atoms with Crippen molar-refractivity contribution in [2.75, 3.05) is 0 Å². The summed E-state index contributed by atoms with van der Waals surface area (Å²) in [7, 11) is 0. The second-order valence-electron chi connectivity index (χ2n) is 3.63. The van der Waals surface area contributed by atoms with Crippen LogP contribution in [0.2, 0.25) is 0 Å². The molecule has 2 rings (SSSR count). The fourth-order valence-corrected chi connectivity index (χ4v) is 1.41. The van der Waals surface area contributed by atoms with E-state index in [0.29, 0.717) is 0 Å². The third-order valence-corrected chi connectivity index (χ3v) is 2.29. The molecular formula is C15H12O3. The van der Waals surface area contributed by atoms with E-state index >= 15 is 0 Å². The van der Waals surface area contributed by atoms with Gasteiger partial charge in [-0.2, -0.15) is 0 Å². The molecule has 0 saturated heterocycles. The molecule has 0 saturated carbocycles. The maximum Gasteiger partial charge on any atom is 0.336 e. The van der Waals surface area contributed by atoms with Crippen LogP contribution in [0.4, 0.5) is 0 Å². The molecule has 0 aliphatic carbocycles. The average molecular weight is 240 g/mol. The van der Waals surface area contributed by atoms with Crippen molar-refractivity contribution < 1.29 is 14.6 Å². The molecule has 0 aliphatic rings. The van der Waals surface area contributed by atoms with Gasteiger partial charge in [-0.3, -0.25) is 0 Å². The molecule has 0 unspecified atom stereocenters. The summed E-state index contributed by atoms with van der Waals surface area (Å²) in [6, 6.07) is 15.8. The summed E-state index contributed by atoms with van der Waals surface area (Å²) in [6.07, 6.45) is 2.98. The van der Waals surface area contributed by atoms with E-state index in [1.54, 1.807) is 18.2 Å². The maximum absolute atomic E-state index is 11.5. The van der Waals surface area contributed by atoms with Gasteiger partial charge in [0.15, 0.2) is 11.5 Å². The number of phenolic OH excluding ortho intramolecular Hbond substituents is 1. The first-order valence-corrected chi connectivity index (χ1v) is 5.48. The first-order valence-electron chi connectivity index (χ1n) is 5.48. The molecule has 0 aromatic heterocycles. The van der Waals surface area contributed by atoms with E-state index < -0.39 is 5.97 Å². The number of esters is 1. The van der Waals surface area contributed by atoms with Crippen LogP contribution in [0.1, 0.15) is 5.56 Å². The Bertz CT molecular complexity index is 559. The zero-order valence-corrected chi connectivity index (χ0v) is 9.61. The lowest BCUT2D eigenvalue weighted by Crippen LogP contribution is -2.03. The molecule has 0 aliphatic heterocycles. The van der Waals surface area contributed by atoms with Gasteiger partial charge >= 0.3 is 5.97 Å². The summed E-state index contributed by atoms with van der Waals surface area (Å²) in [4.78, 5) is 11.5. The second-order valence-corrected chi connectivity index (χ2v) is 3.63. The van der Waals surface area contributed by atoms with Gasteiger partial charge in [0, 0.05) is 6.08 Å². The van der Waals surface area contributed by atoms with Gasteiger partial charge in [0.05, 0.1) is 0 Å². The normalized spacial score (nSPS) is 10.4. The molecule has 0 atom stereocenters. The van der Waals surface area contributed by atoms with E-state index in [9.17, 15) is 9.90 Å². The van der Waals surface area contributed by atoms with Crippen LogP contribution in [0.3, 0.4) is 0 Å². The zero-order chi connectivity index (χ0) is 12.8. The number of hydrogen-bond donors (Lipinski definition) is 1. The number of phenols is 1. The summed E-state index contributed by atoms with van der Waals surface area (Å²) < 4.78 is 4.99. The Morgan fingerprint density at radius 1 is 1.00 bits per heavy atom. The lowest BCUT2D eigenvalue weighted by atomic mass is 10.2. The molecule has 1 N–H and O–H groups in total. The average Bonchev–Trinajstić information content (AvgIpc) is 2.40. The van der Waals surface area contributed by atoms with E-state index in [2.05, 4.69) is 0 Å². The van der Waals surface area contributed by atoms with Crippen LogP contribution in [0.15, 0.2) is 60.7 Å². The Morgan fingerprint density at radius 3 is 2.39 bits per heavy atom. The number of ether oxygens (including phenoxy) is 1. The molecule has 90 valence electrons. The van der Waals surface area contributed by atoms with Crippen LogP contribution in [0.5, 0.6) is 11.5 Å². The van der Waals surface area contributed by atoms with E-state index in [1.807, 2.05) is 30.3 Å². The third kappa shape index (κ3) is 3.22. The standard InChI is InChI=1S/C15H12O3/c16-13-8-4-5-9-14(13)18-15(17)11-10-12-6-2-1-3-7-12/h1-11,16H/b11-10-. The van der Waals surface area contributed by atoms with Gasteiger partial charge in [0.2, 0.25) is 0 Å². The molecular weight excluding hydrogens is 228 g/mol. The lowest BCUT2D eigenvalue weighted by molar-refractivity contribution is -0.129. The summed E-state index contributed by atoms with van der Waals surface area (Å²) in [5, 5.41) is 9.44. The summed E-state index contributed by atoms with van der Waals surface area (Å²) >= 11 is 0. The SMILES string of the molecule is O=C(/C=C\c1ccccc1)Oc1ccccc1O. The Hall–Kier alpha value is -2.55. The largest absolute Gasteiger partial charge is 0.504 e. The number of carbonyl (C=O) groups is 1. The molecule has 0 bridgehead atoms. The van der Waals surface area contributed by atoms with Crippen LogP contribution in [-0.4, -0.2) is 11.1 Å². The highest BCUT2D eigenvalue weighted by atomic mass is 16.5. The monoisotopic (exact) mass is 240 g/mol. The Kier molecular flexibility index (Phi) is 3.76. The van der Waals surface area contributed by atoms with E-state index in [4.69, 9.17) is 4.74 Å². The number of benzene rings is 2. The summed E-state index contributed by atoms with van der Waals surface area (Å²) in [6.45, 7) is 0. The maximum atomic E-state index is 11.5. The molecule has 3 heteroatoms. The predicted molar refractivity (Wildman–Crippen MR) is 69.2 cm³/mol. The van der Waals surface area contributed by atoms with Crippen LogP contribution in [-0.2, 0) is 4.79 Å². The third-order valence-electron chi connectivity index (χ3n) is 2.29. The smallest absolute Gasteiger partial charge is 0.336 e. The van der Waals surface area contributed by atoms with Crippen molar-refractivity contribution in [3.05, 3.63) is 66.2 Å². The van der Waals surface area contributed by atoms with Gasteiger partial charge in [0.1, 0.15) is 0 Å². The van der Waals surface area contributed by atoms with E-state index in [1.165, 1.54) is 18.2 Å². The number of rotatable bonds is 3. The molecule has 2 aromatic carbocycles. The fraction of sp³-hybridized carbons (Fsp3) is 0. The highest BCUT2D eigenvalue weighted by Crippen LogP contribution is 2.24. The van der Waals surface area contributed by atoms with Gasteiger partial charge in [-0.1, -0.05) is 42.5 Å². The minimum atomic E-state index is -0.527. The quantitative estimate of drug-likeness (QED) is 0.509. The number of aromatic hydroxyl groups is 1. The number of para-hydroxylation sites is 2. The van der Waals surface area contributed by atoms with Gasteiger partial charge in [-0.05, 0) is 23.8 Å². The fourth-order valence-electron chi connectivity index (χ4n) is 1.41. The predicted octanol–water partition coefficient (Wildman–Crippen LogP) is 3.01. The molecule has 0 spiro atoms. The number of hydrogen-bond acceptors (Lipinski definition) is 3. The molecule has 0 heterocycles. The van der Waals surface area contributed by atoms with Crippen molar-refractivity contribution in [1.82, 2.24) is 0 Å². The topological polar surface area (TPSA) is 46.5 Å². The molecule has 18 heavy (non-hydrogen) atoms. The van der Waals surface area contributed by atoms with Crippen molar-refractivity contribution in [3.63, 3.8) is 0 Å². The van der Waals surface area contributed by atoms with Crippen LogP contribution >= 0.6 is 0 Å². The van der Waals surface area contributed by atoms with Gasteiger partial charge in [0.25, 0.3) is 0 Å². The van der Waals surface area contributed by atoms with Gasteiger partial charge in [-0.25, -0.2) is 4.79 Å². The molecule has 0 radical (unpaired) electrons.